The fourth-order valence-electron chi connectivity index (χ4n) is 3.90. The van der Waals surface area contributed by atoms with Crippen LogP contribution in [0.5, 0.6) is 0 Å². The summed E-state index contributed by atoms with van der Waals surface area (Å²) in [5.74, 6) is -0.226. The second-order valence-corrected chi connectivity index (χ2v) is 11.3. The number of esters is 1. The minimum atomic E-state index is -3.81. The zero-order chi connectivity index (χ0) is 23.6. The van der Waals surface area contributed by atoms with Crippen molar-refractivity contribution in [3.05, 3.63) is 59.6 Å². The Balaban J connectivity index is 1.67. The maximum atomic E-state index is 13.7. The molecule has 8 nitrogen and oxygen atoms in total. The molecule has 33 heavy (non-hydrogen) atoms. The summed E-state index contributed by atoms with van der Waals surface area (Å²) in [6.45, 7) is 4.41. The van der Waals surface area contributed by atoms with Crippen molar-refractivity contribution in [1.29, 1.82) is 0 Å². The van der Waals surface area contributed by atoms with Crippen molar-refractivity contribution in [3.63, 3.8) is 0 Å². The van der Waals surface area contributed by atoms with Gasteiger partial charge in [-0.3, -0.25) is 9.48 Å². The molecule has 3 heterocycles. The number of nitrogens with zero attached hydrogens (tertiary/aromatic N) is 4. The van der Waals surface area contributed by atoms with E-state index in [1.165, 1.54) is 3.97 Å². The van der Waals surface area contributed by atoms with Gasteiger partial charge in [0.05, 0.1) is 12.8 Å². The molecule has 1 unspecified atom stereocenters. The van der Waals surface area contributed by atoms with Crippen molar-refractivity contribution in [2.75, 3.05) is 6.61 Å². The predicted molar refractivity (Wildman–Crippen MR) is 130 cm³/mol. The SMILES string of the molecule is CCOC(=O)CCCn1cc(-c2cn(S(=O)(=O)C3(C)C=C(Br)C=CC3)c3ncccc23)cn1. The van der Waals surface area contributed by atoms with Gasteiger partial charge in [-0.1, -0.05) is 28.1 Å². The number of aryl methyl sites for hydroxylation is 1. The van der Waals surface area contributed by atoms with Gasteiger partial charge in [0.2, 0.25) is 10.0 Å². The second-order valence-electron chi connectivity index (χ2n) is 8.07. The van der Waals surface area contributed by atoms with E-state index >= 15 is 0 Å². The normalized spacial score (nSPS) is 18.5. The molecule has 0 spiro atoms. The lowest BCUT2D eigenvalue weighted by molar-refractivity contribution is -0.143. The lowest BCUT2D eigenvalue weighted by Gasteiger charge is -2.27. The van der Waals surface area contributed by atoms with Crippen molar-refractivity contribution in [2.24, 2.45) is 0 Å². The summed E-state index contributed by atoms with van der Waals surface area (Å²) in [6, 6.07) is 3.64. The van der Waals surface area contributed by atoms with Crippen LogP contribution in [0.2, 0.25) is 0 Å². The average molecular weight is 533 g/mol. The van der Waals surface area contributed by atoms with E-state index in [2.05, 4.69) is 26.0 Å². The lowest BCUT2D eigenvalue weighted by Crippen LogP contribution is -2.38. The standard InChI is InChI=1S/C23H25BrN4O4S/c1-3-32-21(29)9-6-12-27-15-17(14-26-27)20-16-28(22-19(20)8-5-11-25-22)33(30,31)23(2)10-4-7-18(24)13-23/h4-5,7-8,11,13-16H,3,6,9-10,12H2,1-2H3. The summed E-state index contributed by atoms with van der Waals surface area (Å²) in [6.07, 6.45) is 13.5. The van der Waals surface area contributed by atoms with Crippen LogP contribution in [0.3, 0.4) is 0 Å². The molecule has 3 aromatic rings. The van der Waals surface area contributed by atoms with Gasteiger partial charge in [-0.2, -0.15) is 5.10 Å². The molecule has 174 valence electrons. The number of hydrogen-bond acceptors (Lipinski definition) is 6. The van der Waals surface area contributed by atoms with Crippen molar-refractivity contribution in [3.8, 4) is 11.1 Å². The Hall–Kier alpha value is -2.72. The average Bonchev–Trinajstić information content (AvgIpc) is 3.38. The van der Waals surface area contributed by atoms with Gasteiger partial charge in [-0.15, -0.1) is 0 Å². The van der Waals surface area contributed by atoms with Crippen LogP contribution in [-0.4, -0.2) is 44.5 Å². The van der Waals surface area contributed by atoms with Crippen molar-refractivity contribution in [2.45, 2.75) is 44.4 Å². The third-order valence-electron chi connectivity index (χ3n) is 5.64. The Labute approximate surface area is 201 Å². The van der Waals surface area contributed by atoms with Crippen LogP contribution in [0.15, 0.2) is 59.6 Å². The number of carbonyl (C=O) groups is 1. The first-order chi connectivity index (χ1) is 15.7. The molecule has 1 aliphatic carbocycles. The van der Waals surface area contributed by atoms with Crippen molar-refractivity contribution >= 4 is 43.0 Å². The maximum Gasteiger partial charge on any atom is 0.305 e. The topological polar surface area (TPSA) is 96.1 Å². The van der Waals surface area contributed by atoms with Gasteiger partial charge in [0.15, 0.2) is 5.65 Å². The highest BCUT2D eigenvalue weighted by Crippen LogP contribution is 2.37. The van der Waals surface area contributed by atoms with Crippen LogP contribution < -0.4 is 0 Å². The van der Waals surface area contributed by atoms with E-state index in [0.29, 0.717) is 38.1 Å². The third-order valence-corrected chi connectivity index (χ3v) is 8.39. The monoisotopic (exact) mass is 532 g/mol. The smallest absolute Gasteiger partial charge is 0.305 e. The number of pyridine rings is 1. The molecular weight excluding hydrogens is 508 g/mol. The van der Waals surface area contributed by atoms with Gasteiger partial charge in [0.1, 0.15) is 4.75 Å². The molecule has 0 radical (unpaired) electrons. The first-order valence-electron chi connectivity index (χ1n) is 10.7. The molecule has 0 aromatic carbocycles. The predicted octanol–water partition coefficient (Wildman–Crippen LogP) is 4.42. The Kier molecular flexibility index (Phi) is 6.58. The van der Waals surface area contributed by atoms with Crippen LogP contribution in [-0.2, 0) is 26.1 Å². The molecule has 0 N–H and O–H groups in total. The molecule has 4 rings (SSSR count). The van der Waals surface area contributed by atoms with E-state index in [4.69, 9.17) is 4.74 Å². The summed E-state index contributed by atoms with van der Waals surface area (Å²) in [5.41, 5.74) is 1.89. The summed E-state index contributed by atoms with van der Waals surface area (Å²) in [7, 11) is -3.81. The number of ether oxygens (including phenoxy) is 1. The maximum absolute atomic E-state index is 13.7. The zero-order valence-corrected chi connectivity index (χ0v) is 20.8. The number of aromatic nitrogens is 4. The first kappa shape index (κ1) is 23.4. The Morgan fingerprint density at radius 3 is 2.91 bits per heavy atom. The highest BCUT2D eigenvalue weighted by Gasteiger charge is 2.40. The molecule has 1 aliphatic rings. The van der Waals surface area contributed by atoms with Crippen LogP contribution in [0.1, 0.15) is 33.1 Å². The summed E-state index contributed by atoms with van der Waals surface area (Å²) >= 11 is 3.41. The second kappa shape index (κ2) is 9.26. The fourth-order valence-corrected chi connectivity index (χ4v) is 6.39. The quantitative estimate of drug-likeness (QED) is 0.398. The number of carbonyl (C=O) groups excluding carboxylic acids is 1. The molecule has 0 amide bonds. The molecule has 0 bridgehead atoms. The van der Waals surface area contributed by atoms with Crippen molar-refractivity contribution < 1.29 is 17.9 Å². The number of hydrogen-bond donors (Lipinski definition) is 0. The molecule has 3 aromatic heterocycles. The summed E-state index contributed by atoms with van der Waals surface area (Å²) in [5, 5.41) is 5.11. The molecule has 10 heteroatoms. The molecule has 0 fully saturated rings. The van der Waals surface area contributed by atoms with E-state index in [-0.39, 0.29) is 5.97 Å². The van der Waals surface area contributed by atoms with Crippen LogP contribution >= 0.6 is 15.9 Å². The largest absolute Gasteiger partial charge is 0.466 e. The molecular formula is C23H25BrN4O4S. The summed E-state index contributed by atoms with van der Waals surface area (Å²) < 4.78 is 35.1. The van der Waals surface area contributed by atoms with Gasteiger partial charge >= 0.3 is 5.97 Å². The van der Waals surface area contributed by atoms with E-state index in [1.54, 1.807) is 49.3 Å². The number of fused-ring (bicyclic) bond motifs is 1. The van der Waals surface area contributed by atoms with Gasteiger partial charge in [0.25, 0.3) is 0 Å². The molecule has 0 aliphatic heterocycles. The van der Waals surface area contributed by atoms with E-state index in [0.717, 1.165) is 21.0 Å². The van der Waals surface area contributed by atoms with Gasteiger partial charge in [0, 0.05) is 52.6 Å². The Bertz CT molecular complexity index is 1360. The minimum absolute atomic E-state index is 0.226. The van der Waals surface area contributed by atoms with Gasteiger partial charge in [-0.05, 0) is 44.9 Å². The van der Waals surface area contributed by atoms with Gasteiger partial charge < -0.3 is 4.74 Å². The van der Waals surface area contributed by atoms with E-state index in [1.807, 2.05) is 24.4 Å². The molecule has 1 atom stereocenters. The summed E-state index contributed by atoms with van der Waals surface area (Å²) in [4.78, 5) is 15.9. The number of rotatable bonds is 8. The van der Waals surface area contributed by atoms with Crippen LogP contribution in [0, 0.1) is 0 Å². The van der Waals surface area contributed by atoms with E-state index in [9.17, 15) is 13.2 Å². The minimum Gasteiger partial charge on any atom is -0.466 e. The molecule has 0 saturated heterocycles. The number of halogens is 1. The van der Waals surface area contributed by atoms with Gasteiger partial charge in [-0.25, -0.2) is 17.4 Å². The first-order valence-corrected chi connectivity index (χ1v) is 12.9. The highest BCUT2D eigenvalue weighted by molar-refractivity contribution is 9.11. The number of allylic oxidation sites excluding steroid dienone is 3. The van der Waals surface area contributed by atoms with E-state index < -0.39 is 14.8 Å². The van der Waals surface area contributed by atoms with Crippen LogP contribution in [0.25, 0.3) is 22.2 Å². The zero-order valence-electron chi connectivity index (χ0n) is 18.4. The third kappa shape index (κ3) is 4.54. The Morgan fingerprint density at radius 1 is 1.33 bits per heavy atom. The highest BCUT2D eigenvalue weighted by atomic mass is 79.9. The Morgan fingerprint density at radius 2 is 2.15 bits per heavy atom. The lowest BCUT2D eigenvalue weighted by atomic mass is 10.0. The molecule has 0 saturated carbocycles. The van der Waals surface area contributed by atoms with Crippen LogP contribution in [0.4, 0.5) is 0 Å². The van der Waals surface area contributed by atoms with Crippen molar-refractivity contribution in [1.82, 2.24) is 18.7 Å². The fraction of sp³-hybridized carbons (Fsp3) is 0.348.